The van der Waals surface area contributed by atoms with E-state index in [0.717, 1.165) is 17.8 Å². The molecular formula is C20H23N. The normalized spacial score (nSPS) is 27.8. The Hall–Kier alpha value is -1.76. The molecule has 4 rings (SSSR count). The molecule has 1 heterocycles. The first kappa shape index (κ1) is 12.9. The van der Waals surface area contributed by atoms with E-state index in [-0.39, 0.29) is 0 Å². The van der Waals surface area contributed by atoms with E-state index in [1.165, 1.54) is 43.6 Å². The van der Waals surface area contributed by atoms with Crippen molar-refractivity contribution in [1.29, 1.82) is 0 Å². The number of benzene rings is 2. The zero-order valence-electron chi connectivity index (χ0n) is 12.5. The number of piperidine rings is 1. The van der Waals surface area contributed by atoms with Crippen LogP contribution in [0, 0.1) is 17.8 Å². The van der Waals surface area contributed by atoms with Gasteiger partial charge < -0.3 is 4.90 Å². The summed E-state index contributed by atoms with van der Waals surface area (Å²) in [5.41, 5.74) is 2.93. The first-order chi connectivity index (χ1) is 10.4. The van der Waals surface area contributed by atoms with Crippen LogP contribution in [0.15, 0.2) is 60.7 Å². The van der Waals surface area contributed by atoms with Gasteiger partial charge in [0.2, 0.25) is 0 Å². The fourth-order valence-electron chi connectivity index (χ4n) is 4.40. The molecule has 1 aliphatic heterocycles. The third-order valence-corrected chi connectivity index (χ3v) is 5.46. The monoisotopic (exact) mass is 277 g/mol. The van der Waals surface area contributed by atoms with Gasteiger partial charge in [-0.25, -0.2) is 0 Å². The van der Waals surface area contributed by atoms with Gasteiger partial charge in [0.15, 0.2) is 0 Å². The predicted octanol–water partition coefficient (Wildman–Crippen LogP) is 4.39. The minimum Gasteiger partial charge on any atom is -0.371 e. The predicted molar refractivity (Wildman–Crippen MR) is 88.5 cm³/mol. The number of fused-ring (bicyclic) bond motifs is 2. The highest BCUT2D eigenvalue weighted by molar-refractivity contribution is 5.47. The van der Waals surface area contributed by atoms with Crippen molar-refractivity contribution in [3.8, 4) is 0 Å². The van der Waals surface area contributed by atoms with E-state index >= 15 is 0 Å². The molecule has 3 atom stereocenters. The Bertz CT molecular complexity index is 563. The van der Waals surface area contributed by atoms with Crippen LogP contribution in [0.25, 0.3) is 0 Å². The van der Waals surface area contributed by atoms with E-state index in [1.807, 2.05) is 0 Å². The summed E-state index contributed by atoms with van der Waals surface area (Å²) in [6.07, 6.45) is 4.12. The van der Waals surface area contributed by atoms with E-state index in [0.29, 0.717) is 0 Å². The fourth-order valence-corrected chi connectivity index (χ4v) is 4.40. The van der Waals surface area contributed by atoms with Gasteiger partial charge in [0, 0.05) is 18.8 Å². The molecule has 2 aromatic rings. The van der Waals surface area contributed by atoms with Gasteiger partial charge in [-0.1, -0.05) is 48.5 Å². The summed E-state index contributed by atoms with van der Waals surface area (Å²) in [6, 6.07) is 22.0. The molecule has 2 fully saturated rings. The lowest BCUT2D eigenvalue weighted by molar-refractivity contribution is 0.269. The van der Waals surface area contributed by atoms with E-state index in [4.69, 9.17) is 0 Å². The van der Waals surface area contributed by atoms with Crippen LogP contribution in [-0.2, 0) is 6.42 Å². The molecule has 0 amide bonds. The van der Waals surface area contributed by atoms with Crippen LogP contribution < -0.4 is 4.90 Å². The van der Waals surface area contributed by atoms with Crippen molar-refractivity contribution < 1.29 is 0 Å². The molecule has 2 bridgehead atoms. The third-order valence-electron chi connectivity index (χ3n) is 5.46. The van der Waals surface area contributed by atoms with Crippen LogP contribution in [0.5, 0.6) is 0 Å². The average molecular weight is 277 g/mol. The van der Waals surface area contributed by atoms with Gasteiger partial charge in [0.05, 0.1) is 0 Å². The first-order valence-electron chi connectivity index (χ1n) is 8.24. The average Bonchev–Trinajstić information content (AvgIpc) is 2.78. The summed E-state index contributed by atoms with van der Waals surface area (Å²) in [6.45, 7) is 2.50. The smallest absolute Gasteiger partial charge is 0.0366 e. The summed E-state index contributed by atoms with van der Waals surface area (Å²) in [5.74, 6) is 2.65. The molecule has 0 unspecified atom stereocenters. The molecule has 2 aromatic carbocycles. The molecule has 1 nitrogen and oxygen atoms in total. The molecular weight excluding hydrogens is 254 g/mol. The Morgan fingerprint density at radius 2 is 1.33 bits per heavy atom. The van der Waals surface area contributed by atoms with Gasteiger partial charge in [0.25, 0.3) is 0 Å². The standard InChI is InChI=1S/C20H23N/c1-3-7-16(8-4-1)13-20-17-11-12-18(20)15-21(14-17)19-9-5-2-6-10-19/h1-10,17-18,20H,11-15H2/t17-,18+,20+. The first-order valence-corrected chi connectivity index (χ1v) is 8.24. The molecule has 0 aromatic heterocycles. The molecule has 21 heavy (non-hydrogen) atoms. The van der Waals surface area contributed by atoms with Gasteiger partial charge in [-0.05, 0) is 54.7 Å². The van der Waals surface area contributed by atoms with Crippen LogP contribution in [0.3, 0.4) is 0 Å². The minimum atomic E-state index is 0.879. The SMILES string of the molecule is c1ccc(C[C@H]2[C@@H]3CC[C@H]2CN(c2ccccc2)C3)cc1. The fraction of sp³-hybridized carbons (Fsp3) is 0.400. The van der Waals surface area contributed by atoms with Crippen LogP contribution >= 0.6 is 0 Å². The Morgan fingerprint density at radius 1 is 0.762 bits per heavy atom. The highest BCUT2D eigenvalue weighted by atomic mass is 15.1. The second kappa shape index (κ2) is 5.55. The quantitative estimate of drug-likeness (QED) is 0.804. The van der Waals surface area contributed by atoms with E-state index in [9.17, 15) is 0 Å². The number of hydrogen-bond acceptors (Lipinski definition) is 1. The highest BCUT2D eigenvalue weighted by Crippen LogP contribution is 2.44. The molecule has 2 aliphatic rings. The van der Waals surface area contributed by atoms with Crippen LogP contribution in [0.2, 0.25) is 0 Å². The number of para-hydroxylation sites is 1. The lowest BCUT2D eigenvalue weighted by atomic mass is 9.80. The molecule has 0 spiro atoms. The molecule has 1 saturated carbocycles. The Labute approximate surface area is 127 Å². The maximum atomic E-state index is 2.61. The number of hydrogen-bond donors (Lipinski definition) is 0. The van der Waals surface area contributed by atoms with Crippen LogP contribution in [0.4, 0.5) is 5.69 Å². The molecule has 1 aliphatic carbocycles. The zero-order chi connectivity index (χ0) is 14.1. The van der Waals surface area contributed by atoms with E-state index in [1.54, 1.807) is 0 Å². The van der Waals surface area contributed by atoms with E-state index in [2.05, 4.69) is 65.6 Å². The molecule has 1 saturated heterocycles. The second-order valence-electron chi connectivity index (χ2n) is 6.69. The van der Waals surface area contributed by atoms with Crippen molar-refractivity contribution in [2.24, 2.45) is 17.8 Å². The molecule has 108 valence electrons. The maximum absolute atomic E-state index is 2.61. The zero-order valence-corrected chi connectivity index (χ0v) is 12.5. The second-order valence-corrected chi connectivity index (χ2v) is 6.69. The van der Waals surface area contributed by atoms with Crippen molar-refractivity contribution >= 4 is 5.69 Å². The molecule has 1 heteroatoms. The topological polar surface area (TPSA) is 3.24 Å². The van der Waals surface area contributed by atoms with Gasteiger partial charge in [-0.2, -0.15) is 0 Å². The Balaban J connectivity index is 1.49. The molecule has 0 radical (unpaired) electrons. The van der Waals surface area contributed by atoms with Gasteiger partial charge >= 0.3 is 0 Å². The summed E-state index contributed by atoms with van der Waals surface area (Å²) >= 11 is 0. The van der Waals surface area contributed by atoms with Crippen molar-refractivity contribution in [1.82, 2.24) is 0 Å². The highest BCUT2D eigenvalue weighted by Gasteiger charge is 2.41. The van der Waals surface area contributed by atoms with Crippen LogP contribution in [0.1, 0.15) is 18.4 Å². The van der Waals surface area contributed by atoms with Crippen molar-refractivity contribution in [3.63, 3.8) is 0 Å². The number of anilines is 1. The van der Waals surface area contributed by atoms with Gasteiger partial charge in [-0.15, -0.1) is 0 Å². The number of nitrogens with zero attached hydrogens (tertiary/aromatic N) is 1. The summed E-state index contributed by atoms with van der Waals surface area (Å²) in [5, 5.41) is 0. The maximum Gasteiger partial charge on any atom is 0.0366 e. The Kier molecular flexibility index (Phi) is 3.42. The van der Waals surface area contributed by atoms with E-state index < -0.39 is 0 Å². The van der Waals surface area contributed by atoms with Crippen LogP contribution in [-0.4, -0.2) is 13.1 Å². The summed E-state index contributed by atoms with van der Waals surface area (Å²) < 4.78 is 0. The summed E-state index contributed by atoms with van der Waals surface area (Å²) in [7, 11) is 0. The number of rotatable bonds is 3. The largest absolute Gasteiger partial charge is 0.371 e. The lowest BCUT2D eigenvalue weighted by Gasteiger charge is -2.39. The van der Waals surface area contributed by atoms with Crippen molar-refractivity contribution in [2.75, 3.05) is 18.0 Å². The Morgan fingerprint density at radius 3 is 1.95 bits per heavy atom. The minimum absolute atomic E-state index is 0.879. The third kappa shape index (κ3) is 2.57. The summed E-state index contributed by atoms with van der Waals surface area (Å²) in [4.78, 5) is 2.61. The van der Waals surface area contributed by atoms with Crippen molar-refractivity contribution in [2.45, 2.75) is 19.3 Å². The lowest BCUT2D eigenvalue weighted by Crippen LogP contribution is -2.42. The van der Waals surface area contributed by atoms with Crippen molar-refractivity contribution in [3.05, 3.63) is 66.2 Å². The molecule has 0 N–H and O–H groups in total. The van der Waals surface area contributed by atoms with Gasteiger partial charge in [0.1, 0.15) is 0 Å². The van der Waals surface area contributed by atoms with Gasteiger partial charge in [-0.3, -0.25) is 0 Å².